The third-order valence-electron chi connectivity index (χ3n) is 7.41. The van der Waals surface area contributed by atoms with Crippen molar-refractivity contribution in [3.63, 3.8) is 0 Å². The second-order valence-corrected chi connectivity index (χ2v) is 11.4. The van der Waals surface area contributed by atoms with E-state index >= 15 is 0 Å². The van der Waals surface area contributed by atoms with Crippen molar-refractivity contribution in [3.8, 4) is 0 Å². The summed E-state index contributed by atoms with van der Waals surface area (Å²) in [5, 5.41) is 3.65. The number of aryl methyl sites for hydroxylation is 1. The molecule has 3 heterocycles. The number of amides is 2. The monoisotopic (exact) mass is 643 g/mol. The molecule has 0 bridgehead atoms. The Morgan fingerprint density at radius 1 is 1.09 bits per heavy atom. The van der Waals surface area contributed by atoms with Crippen molar-refractivity contribution in [1.82, 2.24) is 10.4 Å². The molecule has 43 heavy (non-hydrogen) atoms. The van der Waals surface area contributed by atoms with Crippen LogP contribution in [0.1, 0.15) is 51.9 Å². The largest absolute Gasteiger partial charge is 0.458 e. The Balaban J connectivity index is 1.26. The Kier molecular flexibility index (Phi) is 8.08. The van der Waals surface area contributed by atoms with Crippen molar-refractivity contribution in [2.75, 3.05) is 13.2 Å². The fraction of sp³-hybridized carbons (Fsp3) is 0.345. The highest BCUT2D eigenvalue weighted by atomic mass is 35.5. The van der Waals surface area contributed by atoms with Gasteiger partial charge in [0.1, 0.15) is 30.4 Å². The molecule has 1 fully saturated rings. The molecule has 2 aromatic carbocycles. The van der Waals surface area contributed by atoms with E-state index in [2.05, 4.69) is 10.3 Å². The van der Waals surface area contributed by atoms with Crippen LogP contribution in [0.5, 0.6) is 0 Å². The molecule has 14 heteroatoms. The first-order valence-corrected chi connectivity index (χ1v) is 13.7. The maximum absolute atomic E-state index is 14.4. The van der Waals surface area contributed by atoms with Gasteiger partial charge >= 0.3 is 12.1 Å². The van der Waals surface area contributed by atoms with Crippen molar-refractivity contribution in [3.05, 3.63) is 92.4 Å². The predicted molar refractivity (Wildman–Crippen MR) is 147 cm³/mol. The van der Waals surface area contributed by atoms with Gasteiger partial charge < -0.3 is 9.73 Å². The highest BCUT2D eigenvalue weighted by Gasteiger charge is 2.58. The molecule has 5 rings (SSSR count). The van der Waals surface area contributed by atoms with E-state index in [4.69, 9.17) is 32.5 Å². The molecule has 228 valence electrons. The summed E-state index contributed by atoms with van der Waals surface area (Å²) in [5.74, 6) is -4.88. The van der Waals surface area contributed by atoms with Crippen molar-refractivity contribution >= 4 is 40.7 Å². The van der Waals surface area contributed by atoms with Crippen LogP contribution in [0.25, 0.3) is 0 Å². The zero-order valence-electron chi connectivity index (χ0n) is 22.7. The van der Waals surface area contributed by atoms with E-state index in [1.807, 2.05) is 0 Å². The van der Waals surface area contributed by atoms with Gasteiger partial charge in [0.15, 0.2) is 5.76 Å². The molecule has 1 aromatic heterocycles. The predicted octanol–water partition coefficient (Wildman–Crippen LogP) is 6.77. The van der Waals surface area contributed by atoms with Gasteiger partial charge in [-0.2, -0.15) is 22.0 Å². The molecule has 1 N–H and O–H groups in total. The summed E-state index contributed by atoms with van der Waals surface area (Å²) in [5.41, 5.74) is -1.14. The molecule has 0 radical (unpaired) electrons. The van der Waals surface area contributed by atoms with Crippen LogP contribution in [0.15, 0.2) is 57.9 Å². The van der Waals surface area contributed by atoms with Gasteiger partial charge in [0, 0.05) is 34.7 Å². The molecular formula is C29H24Cl2F5N3O4. The first-order chi connectivity index (χ1) is 20.1. The van der Waals surface area contributed by atoms with E-state index in [0.717, 1.165) is 11.1 Å². The number of carbonyl (C=O) groups excluding carboxylic acids is 2. The molecule has 0 saturated carbocycles. The fourth-order valence-electron chi connectivity index (χ4n) is 5.07. The number of carbonyl (C=O) groups is 2. The lowest BCUT2D eigenvalue weighted by atomic mass is 9.76. The minimum Gasteiger partial charge on any atom is -0.458 e. The van der Waals surface area contributed by atoms with Gasteiger partial charge in [0.25, 0.3) is 11.8 Å². The number of hydrogen-bond acceptors (Lipinski definition) is 5. The van der Waals surface area contributed by atoms with Crippen LogP contribution in [0.2, 0.25) is 10.0 Å². The summed E-state index contributed by atoms with van der Waals surface area (Å²) >= 11 is 12.0. The van der Waals surface area contributed by atoms with Crippen LogP contribution in [0.4, 0.5) is 22.0 Å². The molecule has 2 aliphatic heterocycles. The number of aliphatic imine (C=N–C) groups is 1. The van der Waals surface area contributed by atoms with Crippen LogP contribution in [0.3, 0.4) is 0 Å². The van der Waals surface area contributed by atoms with E-state index in [1.54, 1.807) is 13.0 Å². The Labute approximate surface area is 252 Å². The molecule has 2 atom stereocenters. The Morgan fingerprint density at radius 2 is 1.79 bits per heavy atom. The standard InChI is InChI=1S/C29H24Cl2F5N3O4/c1-15-7-16(22-11-28(14-37-22,29(34,35)36)17-8-18(30)10-19(31)9-17)3-5-21(15)25(40)38-23-13-42-39(26(23)41)12-20-4-6-24(43-20)27(2,32)33/h3-10,23H,11-14H2,1-2H3,(H,38,40)/t23-,28?/m1/s1. The minimum atomic E-state index is -4.65. The lowest BCUT2D eigenvalue weighted by Gasteiger charge is -2.31. The van der Waals surface area contributed by atoms with E-state index in [0.29, 0.717) is 18.1 Å². The molecule has 7 nitrogen and oxygen atoms in total. The van der Waals surface area contributed by atoms with E-state index < -0.39 is 54.1 Å². The average molecular weight is 644 g/mol. The SMILES string of the molecule is Cc1cc(C2=NCC(c3cc(Cl)cc(Cl)c3)(C(F)(F)F)C2)ccc1C(=O)N[C@@H]1CON(Cc2ccc(C(C)(F)F)o2)C1=O. The minimum absolute atomic E-state index is 0.0751. The van der Waals surface area contributed by atoms with Crippen molar-refractivity contribution in [1.29, 1.82) is 0 Å². The number of nitrogens with zero attached hydrogens (tertiary/aromatic N) is 2. The Bertz CT molecular complexity index is 1600. The van der Waals surface area contributed by atoms with Gasteiger partial charge in [-0.1, -0.05) is 29.3 Å². The van der Waals surface area contributed by atoms with Crippen LogP contribution < -0.4 is 5.32 Å². The second-order valence-electron chi connectivity index (χ2n) is 10.6. The third kappa shape index (κ3) is 6.13. The van der Waals surface area contributed by atoms with Gasteiger partial charge in [-0.15, -0.1) is 0 Å². The normalized spacial score (nSPS) is 21.0. The van der Waals surface area contributed by atoms with Gasteiger partial charge in [-0.05, 0) is 66.1 Å². The molecule has 0 spiro atoms. The van der Waals surface area contributed by atoms with Crippen molar-refractivity contribution < 1.29 is 40.8 Å². The number of benzene rings is 2. The maximum Gasteiger partial charge on any atom is 0.400 e. The second kappa shape index (κ2) is 11.2. The summed E-state index contributed by atoms with van der Waals surface area (Å²) in [6.45, 7) is 1.31. The molecule has 2 aliphatic rings. The van der Waals surface area contributed by atoms with Crippen LogP contribution in [-0.4, -0.2) is 48.0 Å². The summed E-state index contributed by atoms with van der Waals surface area (Å²) in [6, 6.07) is 9.69. The lowest BCUT2D eigenvalue weighted by molar-refractivity contribution is -0.183. The number of hydrogen-bond donors (Lipinski definition) is 1. The summed E-state index contributed by atoms with van der Waals surface area (Å²) in [4.78, 5) is 35.3. The van der Waals surface area contributed by atoms with Crippen molar-refractivity contribution in [2.24, 2.45) is 4.99 Å². The van der Waals surface area contributed by atoms with Crippen LogP contribution in [-0.2, 0) is 27.5 Å². The van der Waals surface area contributed by atoms with E-state index in [9.17, 15) is 31.5 Å². The Hall–Kier alpha value is -3.48. The number of halogens is 7. The van der Waals surface area contributed by atoms with Gasteiger partial charge in [0.2, 0.25) is 0 Å². The van der Waals surface area contributed by atoms with Crippen LogP contribution in [0, 0.1) is 6.92 Å². The summed E-state index contributed by atoms with van der Waals surface area (Å²) in [7, 11) is 0. The summed E-state index contributed by atoms with van der Waals surface area (Å²) < 4.78 is 75.3. The van der Waals surface area contributed by atoms with Gasteiger partial charge in [0.05, 0.1) is 6.54 Å². The third-order valence-corrected chi connectivity index (χ3v) is 7.85. The maximum atomic E-state index is 14.4. The molecule has 1 unspecified atom stereocenters. The van der Waals surface area contributed by atoms with Crippen LogP contribution >= 0.6 is 23.2 Å². The first kappa shape index (κ1) is 31.0. The van der Waals surface area contributed by atoms with E-state index in [1.165, 1.54) is 36.4 Å². The average Bonchev–Trinajstić information content (AvgIpc) is 3.64. The molecule has 0 aliphatic carbocycles. The highest BCUT2D eigenvalue weighted by molar-refractivity contribution is 6.34. The Morgan fingerprint density at radius 3 is 2.40 bits per heavy atom. The number of hydroxylamine groups is 2. The van der Waals surface area contributed by atoms with Gasteiger partial charge in [-0.25, -0.2) is 5.06 Å². The smallest absolute Gasteiger partial charge is 0.400 e. The summed E-state index contributed by atoms with van der Waals surface area (Å²) in [6.07, 6.45) is -5.10. The topological polar surface area (TPSA) is 84.1 Å². The number of rotatable bonds is 7. The zero-order chi connectivity index (χ0) is 31.3. The number of alkyl halides is 5. The zero-order valence-corrected chi connectivity index (χ0v) is 24.2. The van der Waals surface area contributed by atoms with Crippen molar-refractivity contribution in [2.45, 2.75) is 50.4 Å². The first-order valence-electron chi connectivity index (χ1n) is 13.0. The molecule has 3 aromatic rings. The number of nitrogens with one attached hydrogen (secondary N) is 1. The van der Waals surface area contributed by atoms with Gasteiger partial charge in [-0.3, -0.25) is 19.4 Å². The molecule has 1 saturated heterocycles. The lowest BCUT2D eigenvalue weighted by Crippen LogP contribution is -2.43. The highest BCUT2D eigenvalue weighted by Crippen LogP contribution is 2.49. The van der Waals surface area contributed by atoms with E-state index in [-0.39, 0.29) is 45.8 Å². The quantitative estimate of drug-likeness (QED) is 0.288. The molecular weight excluding hydrogens is 620 g/mol. The fourth-order valence-corrected chi connectivity index (χ4v) is 5.60. The number of furan rings is 1. The molecule has 2 amide bonds.